The number of hydrogen-bond donors (Lipinski definition) is 1. The van der Waals surface area contributed by atoms with E-state index in [0.29, 0.717) is 5.75 Å². The van der Waals surface area contributed by atoms with Gasteiger partial charge in [0.1, 0.15) is 11.5 Å². The van der Waals surface area contributed by atoms with Crippen LogP contribution in [0.5, 0.6) is 17.2 Å². The first-order chi connectivity index (χ1) is 12.9. The molecule has 0 aliphatic carbocycles. The average molecular weight is 431 g/mol. The fourth-order valence-corrected chi connectivity index (χ4v) is 3.40. The maximum atomic E-state index is 12.5. The van der Waals surface area contributed by atoms with Gasteiger partial charge in [0.25, 0.3) is 10.1 Å². The summed E-state index contributed by atoms with van der Waals surface area (Å²) < 4.78 is 36.7. The van der Waals surface area contributed by atoms with Gasteiger partial charge >= 0.3 is 51.4 Å². The molecule has 2 rings (SSSR count). The summed E-state index contributed by atoms with van der Waals surface area (Å²) in [6, 6.07) is 10.5. The van der Waals surface area contributed by atoms with Crippen molar-refractivity contribution >= 4 is 10.1 Å². The summed E-state index contributed by atoms with van der Waals surface area (Å²) in [5.41, 5.74) is 0.732. The molecule has 0 aliphatic rings. The molecular formula is C21H27KO5S. The van der Waals surface area contributed by atoms with Gasteiger partial charge in [0.15, 0.2) is 0 Å². The first-order valence-electron chi connectivity index (χ1n) is 9.46. The van der Waals surface area contributed by atoms with E-state index in [2.05, 4.69) is 6.92 Å². The smallest absolute Gasteiger partial charge is 0.870 e. The topological polar surface area (TPSA) is 86.7 Å². The Morgan fingerprint density at radius 1 is 0.929 bits per heavy atom. The fraction of sp³-hybridized carbons (Fsp3) is 0.429. The molecule has 0 spiro atoms. The molecule has 0 aliphatic heterocycles. The average Bonchev–Trinajstić information content (AvgIpc) is 2.63. The number of benzene rings is 2. The Morgan fingerprint density at radius 3 is 2.14 bits per heavy atom. The Bertz CT molecular complexity index is 819. The summed E-state index contributed by atoms with van der Waals surface area (Å²) in [5.74, 6) is 0.421. The van der Waals surface area contributed by atoms with E-state index in [1.165, 1.54) is 56.4 Å². The molecule has 0 amide bonds. The molecule has 28 heavy (non-hydrogen) atoms. The minimum Gasteiger partial charge on any atom is -0.870 e. The van der Waals surface area contributed by atoms with E-state index in [4.69, 9.17) is 9.29 Å². The zero-order valence-corrected chi connectivity index (χ0v) is 20.6. The van der Waals surface area contributed by atoms with Gasteiger partial charge in [-0.05, 0) is 43.2 Å². The van der Waals surface area contributed by atoms with Gasteiger partial charge in [-0.2, -0.15) is 8.42 Å². The van der Waals surface area contributed by atoms with Crippen molar-refractivity contribution < 1.29 is 74.2 Å². The molecule has 148 valence electrons. The van der Waals surface area contributed by atoms with Crippen LogP contribution in [0.3, 0.4) is 0 Å². The number of hydrogen-bond acceptors (Lipinski definition) is 4. The second-order valence-electron chi connectivity index (χ2n) is 6.66. The summed E-state index contributed by atoms with van der Waals surface area (Å²) in [6.45, 7) is 2.20. The van der Waals surface area contributed by atoms with E-state index in [1.807, 2.05) is 6.07 Å². The molecule has 0 saturated heterocycles. The van der Waals surface area contributed by atoms with Crippen LogP contribution in [0.15, 0.2) is 47.4 Å². The Hall–Kier alpha value is -0.414. The van der Waals surface area contributed by atoms with E-state index in [-0.39, 0.29) is 67.8 Å². The number of ether oxygens (including phenoxy) is 1. The molecule has 5 nitrogen and oxygen atoms in total. The van der Waals surface area contributed by atoms with Gasteiger partial charge in [-0.25, -0.2) is 0 Å². The third kappa shape index (κ3) is 8.53. The number of rotatable bonds is 11. The van der Waals surface area contributed by atoms with Crippen molar-refractivity contribution in [2.24, 2.45) is 0 Å². The predicted octanol–water partition coefficient (Wildman–Crippen LogP) is 2.10. The molecule has 7 heteroatoms. The van der Waals surface area contributed by atoms with Gasteiger partial charge in [0, 0.05) is 0 Å². The van der Waals surface area contributed by atoms with Crippen molar-refractivity contribution in [2.45, 2.75) is 63.2 Å². The molecule has 0 saturated carbocycles. The van der Waals surface area contributed by atoms with Crippen LogP contribution in [0.1, 0.15) is 57.4 Å². The van der Waals surface area contributed by atoms with Crippen LogP contribution in [-0.4, -0.2) is 13.0 Å². The zero-order chi connectivity index (χ0) is 19.7. The van der Waals surface area contributed by atoms with Gasteiger partial charge < -0.3 is 9.84 Å². The number of aryl methyl sites for hydroxylation is 1. The van der Waals surface area contributed by atoms with Gasteiger partial charge in [-0.3, -0.25) is 4.55 Å². The third-order valence-electron chi connectivity index (χ3n) is 4.46. The second-order valence-corrected chi connectivity index (χ2v) is 8.09. The van der Waals surface area contributed by atoms with E-state index in [0.717, 1.165) is 24.8 Å². The third-order valence-corrected chi connectivity index (χ3v) is 5.33. The first-order valence-corrected chi connectivity index (χ1v) is 10.9. The fourth-order valence-electron chi connectivity index (χ4n) is 2.92. The van der Waals surface area contributed by atoms with Crippen molar-refractivity contribution in [3.8, 4) is 17.2 Å². The van der Waals surface area contributed by atoms with Crippen LogP contribution in [0.4, 0.5) is 0 Å². The molecule has 0 aromatic heterocycles. The van der Waals surface area contributed by atoms with Gasteiger partial charge in [-0.15, -0.1) is 0 Å². The van der Waals surface area contributed by atoms with E-state index in [1.54, 1.807) is 12.1 Å². The maximum Gasteiger partial charge on any atom is 1.00 e. The van der Waals surface area contributed by atoms with Crippen molar-refractivity contribution in [1.82, 2.24) is 0 Å². The maximum absolute atomic E-state index is 12.5. The normalized spacial score (nSPS) is 11.1. The van der Waals surface area contributed by atoms with Gasteiger partial charge in [-0.1, -0.05) is 68.9 Å². The molecule has 0 heterocycles. The largest absolute Gasteiger partial charge is 1.00 e. The molecule has 0 unspecified atom stereocenters. The van der Waals surface area contributed by atoms with Crippen molar-refractivity contribution in [2.75, 3.05) is 0 Å². The van der Waals surface area contributed by atoms with Crippen LogP contribution >= 0.6 is 0 Å². The summed E-state index contributed by atoms with van der Waals surface area (Å²) in [4.78, 5) is -0.218. The molecular weight excluding hydrogens is 403 g/mol. The van der Waals surface area contributed by atoms with Gasteiger partial charge in [0.05, 0.1) is 4.90 Å². The van der Waals surface area contributed by atoms with Crippen LogP contribution in [0.25, 0.3) is 0 Å². The standard InChI is InChI=1S/C21H28O5S.K/c1-2-3-4-5-6-7-8-10-17-11-9-12-20(21(17)22)26-18-13-15-19(16-14-18)27(23,24)25;/h9,11-16,22H,2-8,10H2,1H3,(H,23,24,25);/q;+1/p-1. The quantitative estimate of drug-likeness (QED) is 0.335. The predicted molar refractivity (Wildman–Crippen MR) is 104 cm³/mol. The second kappa shape index (κ2) is 13.0. The Balaban J connectivity index is 0.00000392. The zero-order valence-electron chi connectivity index (χ0n) is 16.7. The minimum absolute atomic E-state index is 0. The summed E-state index contributed by atoms with van der Waals surface area (Å²) in [6.07, 6.45) is 9.08. The Labute approximate surface area is 210 Å². The van der Waals surface area contributed by atoms with Crippen LogP contribution in [0, 0.1) is 0 Å². The van der Waals surface area contributed by atoms with Crippen LogP contribution in [0.2, 0.25) is 0 Å². The number of unbranched alkanes of at least 4 members (excludes halogenated alkanes) is 6. The molecule has 0 radical (unpaired) electrons. The SMILES string of the molecule is CCCCCCCCCc1cccc(Oc2ccc(S(=O)(=O)O)cc2)c1[O-].[K+]. The van der Waals surface area contributed by atoms with E-state index >= 15 is 0 Å². The molecule has 0 atom stereocenters. The Morgan fingerprint density at radius 2 is 1.54 bits per heavy atom. The van der Waals surface area contributed by atoms with Crippen LogP contribution < -0.4 is 61.2 Å². The van der Waals surface area contributed by atoms with Crippen LogP contribution in [-0.2, 0) is 16.5 Å². The van der Waals surface area contributed by atoms with Crippen molar-refractivity contribution in [3.05, 3.63) is 48.0 Å². The Kier molecular flexibility index (Phi) is 11.9. The minimum atomic E-state index is -4.25. The molecule has 2 aromatic rings. The first kappa shape index (κ1) is 25.6. The summed E-state index contributed by atoms with van der Waals surface area (Å²) in [7, 11) is -4.25. The van der Waals surface area contributed by atoms with Gasteiger partial charge in [0.2, 0.25) is 0 Å². The van der Waals surface area contributed by atoms with Crippen molar-refractivity contribution in [3.63, 3.8) is 0 Å². The monoisotopic (exact) mass is 430 g/mol. The summed E-state index contributed by atoms with van der Waals surface area (Å²) >= 11 is 0. The molecule has 0 bridgehead atoms. The summed E-state index contributed by atoms with van der Waals surface area (Å²) in [5, 5.41) is 12.5. The van der Waals surface area contributed by atoms with E-state index < -0.39 is 10.1 Å². The molecule has 1 N–H and O–H groups in total. The number of para-hydroxylation sites is 1. The van der Waals surface area contributed by atoms with Crippen molar-refractivity contribution in [1.29, 1.82) is 0 Å². The molecule has 2 aromatic carbocycles. The molecule has 0 fully saturated rings. The van der Waals surface area contributed by atoms with E-state index in [9.17, 15) is 13.5 Å².